The summed E-state index contributed by atoms with van der Waals surface area (Å²) in [5, 5.41) is 13.3. The zero-order chi connectivity index (χ0) is 14.7. The van der Waals surface area contributed by atoms with Gasteiger partial charge in [-0.1, -0.05) is 11.3 Å². The van der Waals surface area contributed by atoms with Crippen molar-refractivity contribution in [3.8, 4) is 0 Å². The molecule has 6 nitrogen and oxygen atoms in total. The van der Waals surface area contributed by atoms with E-state index in [1.165, 1.54) is 4.88 Å². The van der Waals surface area contributed by atoms with Crippen molar-refractivity contribution >= 4 is 17.2 Å². The van der Waals surface area contributed by atoms with Crippen LogP contribution in [0.3, 0.4) is 0 Å². The molecule has 0 radical (unpaired) electrons. The van der Waals surface area contributed by atoms with Gasteiger partial charge in [-0.2, -0.15) is 0 Å². The molecular weight excluding hydrogens is 286 g/mol. The number of hydrogen-bond donors (Lipinski definition) is 1. The van der Waals surface area contributed by atoms with E-state index in [0.29, 0.717) is 12.2 Å². The number of rotatable bonds is 5. The highest BCUT2D eigenvalue weighted by molar-refractivity contribution is 7.09. The first kappa shape index (κ1) is 14.2. The lowest BCUT2D eigenvalue weighted by Crippen LogP contribution is -2.41. The first-order valence-electron chi connectivity index (χ1n) is 7.16. The van der Waals surface area contributed by atoms with Crippen LogP contribution in [0, 0.1) is 0 Å². The number of likely N-dealkylation sites (tertiary alicyclic amines) is 1. The van der Waals surface area contributed by atoms with E-state index >= 15 is 0 Å². The van der Waals surface area contributed by atoms with Crippen LogP contribution in [0.15, 0.2) is 23.7 Å². The van der Waals surface area contributed by atoms with E-state index in [-0.39, 0.29) is 11.9 Å². The van der Waals surface area contributed by atoms with E-state index in [9.17, 15) is 4.79 Å². The number of nitrogens with zero attached hydrogens (tertiary/aromatic N) is 4. The van der Waals surface area contributed by atoms with Gasteiger partial charge < -0.3 is 10.2 Å². The zero-order valence-electron chi connectivity index (χ0n) is 12.0. The molecular formula is C14H19N5OS. The number of thiophene rings is 1. The fourth-order valence-corrected chi connectivity index (χ4v) is 3.43. The lowest BCUT2D eigenvalue weighted by atomic mass is 10.2. The lowest BCUT2D eigenvalue weighted by molar-refractivity contribution is 0.0731. The Kier molecular flexibility index (Phi) is 4.31. The molecule has 1 unspecified atom stereocenters. The molecule has 2 aromatic rings. The predicted molar refractivity (Wildman–Crippen MR) is 81.4 cm³/mol. The number of carbonyl (C=O) groups is 1. The third kappa shape index (κ3) is 3.14. The van der Waals surface area contributed by atoms with Gasteiger partial charge >= 0.3 is 0 Å². The van der Waals surface area contributed by atoms with Crippen molar-refractivity contribution in [3.63, 3.8) is 0 Å². The first-order chi connectivity index (χ1) is 10.3. The summed E-state index contributed by atoms with van der Waals surface area (Å²) in [4.78, 5) is 15.6. The molecule has 0 saturated carbocycles. The van der Waals surface area contributed by atoms with E-state index in [1.54, 1.807) is 22.2 Å². The van der Waals surface area contributed by atoms with Crippen molar-refractivity contribution in [2.24, 2.45) is 0 Å². The fourth-order valence-electron chi connectivity index (χ4n) is 2.73. The highest BCUT2D eigenvalue weighted by atomic mass is 32.1. The van der Waals surface area contributed by atoms with Crippen LogP contribution >= 0.6 is 11.3 Å². The maximum atomic E-state index is 12.5. The van der Waals surface area contributed by atoms with Crippen molar-refractivity contribution < 1.29 is 4.79 Å². The molecule has 1 N–H and O–H groups in total. The molecule has 3 heterocycles. The molecule has 2 aromatic heterocycles. The Bertz CT molecular complexity index is 594. The molecule has 1 atom stereocenters. The summed E-state index contributed by atoms with van der Waals surface area (Å²) in [6, 6.07) is 4.33. The summed E-state index contributed by atoms with van der Waals surface area (Å²) in [7, 11) is 1.91. The average molecular weight is 305 g/mol. The quantitative estimate of drug-likeness (QED) is 0.902. The fraction of sp³-hybridized carbons (Fsp3) is 0.500. The Morgan fingerprint density at radius 1 is 1.57 bits per heavy atom. The topological polar surface area (TPSA) is 63.1 Å². The first-order valence-corrected chi connectivity index (χ1v) is 8.04. The number of hydrogen-bond acceptors (Lipinski definition) is 5. The minimum atomic E-state index is -0.00909. The van der Waals surface area contributed by atoms with Crippen molar-refractivity contribution in [1.82, 2.24) is 25.2 Å². The van der Waals surface area contributed by atoms with Crippen molar-refractivity contribution in [2.75, 3.05) is 20.1 Å². The third-order valence-corrected chi connectivity index (χ3v) is 4.59. The van der Waals surface area contributed by atoms with Crippen LogP contribution in [0.4, 0.5) is 0 Å². The Morgan fingerprint density at radius 2 is 2.48 bits per heavy atom. The smallest absolute Gasteiger partial charge is 0.276 e. The number of nitrogens with one attached hydrogen (secondary N) is 1. The average Bonchev–Trinajstić information content (AvgIpc) is 3.20. The molecule has 1 amide bonds. The van der Waals surface area contributed by atoms with E-state index in [1.807, 2.05) is 23.4 Å². The van der Waals surface area contributed by atoms with E-state index in [4.69, 9.17) is 0 Å². The van der Waals surface area contributed by atoms with Crippen LogP contribution in [-0.2, 0) is 6.54 Å². The van der Waals surface area contributed by atoms with Crippen LogP contribution < -0.4 is 5.32 Å². The largest absolute Gasteiger partial charge is 0.333 e. The number of aromatic nitrogens is 3. The Labute approximate surface area is 127 Å². The Morgan fingerprint density at radius 3 is 3.24 bits per heavy atom. The van der Waals surface area contributed by atoms with Gasteiger partial charge in [-0.25, -0.2) is 4.68 Å². The third-order valence-electron chi connectivity index (χ3n) is 3.73. The molecule has 0 spiro atoms. The number of carbonyl (C=O) groups excluding carboxylic acids is 1. The molecule has 112 valence electrons. The Hall–Kier alpha value is -1.73. The van der Waals surface area contributed by atoms with Crippen LogP contribution in [0.1, 0.15) is 28.2 Å². The molecule has 1 aliphatic rings. The molecule has 0 aliphatic carbocycles. The van der Waals surface area contributed by atoms with Gasteiger partial charge in [-0.05, 0) is 31.3 Å². The summed E-state index contributed by atoms with van der Waals surface area (Å²) >= 11 is 1.68. The summed E-state index contributed by atoms with van der Waals surface area (Å²) in [5.41, 5.74) is 0.439. The number of likely N-dealkylation sites (N-methyl/N-ethyl adjacent to an activating group) is 1. The molecule has 3 rings (SSSR count). The molecule has 0 aromatic carbocycles. The van der Waals surface area contributed by atoms with E-state index in [2.05, 4.69) is 21.7 Å². The van der Waals surface area contributed by atoms with Crippen LogP contribution in [0.25, 0.3) is 0 Å². The van der Waals surface area contributed by atoms with Gasteiger partial charge in [0.25, 0.3) is 5.91 Å². The molecule has 7 heteroatoms. The van der Waals surface area contributed by atoms with Gasteiger partial charge in [-0.15, -0.1) is 16.4 Å². The summed E-state index contributed by atoms with van der Waals surface area (Å²) in [6.07, 6.45) is 3.86. The molecule has 1 aliphatic heterocycles. The molecule has 1 saturated heterocycles. The van der Waals surface area contributed by atoms with Gasteiger partial charge in [0.1, 0.15) is 0 Å². The maximum absolute atomic E-state index is 12.5. The van der Waals surface area contributed by atoms with Crippen molar-refractivity contribution in [3.05, 3.63) is 34.3 Å². The number of amides is 1. The van der Waals surface area contributed by atoms with Crippen molar-refractivity contribution in [1.29, 1.82) is 0 Å². The SMILES string of the molecule is CNCC1CCCN1C(=O)c1cn(Cc2cccs2)nn1. The van der Waals surface area contributed by atoms with E-state index in [0.717, 1.165) is 25.9 Å². The van der Waals surface area contributed by atoms with Gasteiger partial charge in [-0.3, -0.25) is 4.79 Å². The summed E-state index contributed by atoms with van der Waals surface area (Å²) in [6.45, 7) is 2.30. The standard InChI is InChI=1S/C14H19N5OS/c1-15-8-11-4-2-6-19(11)14(20)13-10-18(17-16-13)9-12-5-3-7-21-12/h3,5,7,10-11,15H,2,4,6,8-9H2,1H3. The second kappa shape index (κ2) is 6.36. The maximum Gasteiger partial charge on any atom is 0.276 e. The van der Waals surface area contributed by atoms with Crippen molar-refractivity contribution in [2.45, 2.75) is 25.4 Å². The minimum Gasteiger partial charge on any atom is -0.333 e. The van der Waals surface area contributed by atoms with Crippen LogP contribution in [0.5, 0.6) is 0 Å². The van der Waals surface area contributed by atoms with E-state index < -0.39 is 0 Å². The minimum absolute atomic E-state index is 0.00909. The van der Waals surface area contributed by atoms with Gasteiger partial charge in [0.2, 0.25) is 0 Å². The zero-order valence-corrected chi connectivity index (χ0v) is 12.8. The lowest BCUT2D eigenvalue weighted by Gasteiger charge is -2.23. The monoisotopic (exact) mass is 305 g/mol. The van der Waals surface area contributed by atoms with Gasteiger partial charge in [0.05, 0.1) is 12.7 Å². The molecule has 1 fully saturated rings. The normalized spacial score (nSPS) is 18.3. The second-order valence-electron chi connectivity index (χ2n) is 5.23. The van der Waals surface area contributed by atoms with Crippen LogP contribution in [0.2, 0.25) is 0 Å². The second-order valence-corrected chi connectivity index (χ2v) is 6.27. The molecule has 0 bridgehead atoms. The predicted octanol–water partition coefficient (Wildman–Crippen LogP) is 1.21. The Balaban J connectivity index is 1.69. The highest BCUT2D eigenvalue weighted by Crippen LogP contribution is 2.19. The van der Waals surface area contributed by atoms with Gasteiger partial charge in [0.15, 0.2) is 5.69 Å². The van der Waals surface area contributed by atoms with Gasteiger partial charge in [0, 0.05) is 24.0 Å². The summed E-state index contributed by atoms with van der Waals surface area (Å²) in [5.74, 6) is -0.00909. The van der Waals surface area contributed by atoms with Crippen LogP contribution in [-0.4, -0.2) is 52.0 Å². The summed E-state index contributed by atoms with van der Waals surface area (Å²) < 4.78 is 1.72. The molecule has 21 heavy (non-hydrogen) atoms. The highest BCUT2D eigenvalue weighted by Gasteiger charge is 2.30.